The number of aromatic nitrogens is 1. The van der Waals surface area contributed by atoms with Crippen molar-refractivity contribution in [3.05, 3.63) is 76.6 Å². The van der Waals surface area contributed by atoms with Crippen LogP contribution in [0.25, 0.3) is 10.9 Å². The zero-order valence-electron chi connectivity index (χ0n) is 13.5. The van der Waals surface area contributed by atoms with Gasteiger partial charge in [0.05, 0.1) is 18.7 Å². The number of morpholine rings is 1. The molecule has 1 aliphatic rings. The lowest BCUT2D eigenvalue weighted by atomic mass is 10.1. The predicted molar refractivity (Wildman–Crippen MR) is 96.8 cm³/mol. The molecule has 1 saturated heterocycles. The molecular formula is C20H20N2O2. The van der Waals surface area contributed by atoms with E-state index in [2.05, 4.69) is 27.7 Å². The highest BCUT2D eigenvalue weighted by Crippen LogP contribution is 2.22. The second-order valence-corrected chi connectivity index (χ2v) is 6.09. The van der Waals surface area contributed by atoms with E-state index in [1.54, 1.807) is 6.07 Å². The van der Waals surface area contributed by atoms with Gasteiger partial charge in [-0.3, -0.25) is 4.79 Å². The highest BCUT2D eigenvalue weighted by Gasteiger charge is 2.13. The van der Waals surface area contributed by atoms with E-state index in [4.69, 9.17) is 4.74 Å². The summed E-state index contributed by atoms with van der Waals surface area (Å²) in [5, 5.41) is 0.769. The van der Waals surface area contributed by atoms with Gasteiger partial charge in [-0.05, 0) is 23.8 Å². The second kappa shape index (κ2) is 6.49. The van der Waals surface area contributed by atoms with Gasteiger partial charge >= 0.3 is 0 Å². The Morgan fingerprint density at radius 2 is 1.75 bits per heavy atom. The number of ether oxygens (including phenoxy) is 1. The normalized spacial score (nSPS) is 14.9. The van der Waals surface area contributed by atoms with Crippen molar-refractivity contribution in [3.63, 3.8) is 0 Å². The maximum atomic E-state index is 12.2. The molecule has 2 aromatic carbocycles. The summed E-state index contributed by atoms with van der Waals surface area (Å²) in [6, 6.07) is 18.1. The van der Waals surface area contributed by atoms with E-state index in [-0.39, 0.29) is 5.43 Å². The summed E-state index contributed by atoms with van der Waals surface area (Å²) in [4.78, 5) is 14.5. The van der Waals surface area contributed by atoms with Gasteiger partial charge in [0.2, 0.25) is 0 Å². The number of pyridine rings is 1. The number of nitrogens with zero attached hydrogens (tertiary/aromatic N) is 2. The van der Waals surface area contributed by atoms with Gasteiger partial charge in [0.15, 0.2) is 5.43 Å². The summed E-state index contributed by atoms with van der Waals surface area (Å²) in [6.45, 7) is 4.04. The molecule has 0 radical (unpaired) electrons. The van der Waals surface area contributed by atoms with E-state index in [0.717, 1.165) is 49.4 Å². The Kier molecular flexibility index (Phi) is 4.05. The molecule has 2 heterocycles. The van der Waals surface area contributed by atoms with Crippen LogP contribution in [0.5, 0.6) is 0 Å². The number of hydrogen-bond acceptors (Lipinski definition) is 3. The van der Waals surface area contributed by atoms with Crippen LogP contribution >= 0.6 is 0 Å². The molecule has 0 spiro atoms. The van der Waals surface area contributed by atoms with Crippen molar-refractivity contribution in [2.24, 2.45) is 0 Å². The molecule has 4 heteroatoms. The molecule has 0 atom stereocenters. The van der Waals surface area contributed by atoms with Crippen LogP contribution in [0.3, 0.4) is 0 Å². The van der Waals surface area contributed by atoms with Crippen molar-refractivity contribution in [1.29, 1.82) is 0 Å². The average Bonchev–Trinajstić information content (AvgIpc) is 2.65. The first-order chi connectivity index (χ1) is 11.8. The maximum Gasteiger partial charge on any atom is 0.189 e. The zero-order chi connectivity index (χ0) is 16.4. The minimum atomic E-state index is 0.0721. The van der Waals surface area contributed by atoms with Crippen molar-refractivity contribution < 1.29 is 4.74 Å². The largest absolute Gasteiger partial charge is 0.378 e. The summed E-state index contributed by atoms with van der Waals surface area (Å²) in [5.41, 5.74) is 3.43. The van der Waals surface area contributed by atoms with Gasteiger partial charge in [-0.25, -0.2) is 0 Å². The zero-order valence-corrected chi connectivity index (χ0v) is 13.5. The summed E-state index contributed by atoms with van der Waals surface area (Å²) in [6.07, 6.45) is 1.89. The van der Waals surface area contributed by atoms with Crippen molar-refractivity contribution in [2.45, 2.75) is 6.54 Å². The number of anilines is 1. The molecule has 0 unspecified atom stereocenters. The third-order valence-electron chi connectivity index (χ3n) is 4.53. The third-order valence-corrected chi connectivity index (χ3v) is 4.53. The first-order valence-corrected chi connectivity index (χ1v) is 8.31. The molecule has 24 heavy (non-hydrogen) atoms. The molecule has 0 bridgehead atoms. The summed E-state index contributed by atoms with van der Waals surface area (Å²) >= 11 is 0. The molecule has 1 aromatic heterocycles. The average molecular weight is 320 g/mol. The number of rotatable bonds is 3. The van der Waals surface area contributed by atoms with Gasteiger partial charge in [-0.15, -0.1) is 0 Å². The van der Waals surface area contributed by atoms with Crippen LogP contribution in [0.1, 0.15) is 5.56 Å². The molecule has 4 rings (SSSR count). The third kappa shape index (κ3) is 2.93. The number of fused-ring (bicyclic) bond motifs is 1. The fourth-order valence-corrected chi connectivity index (χ4v) is 3.23. The van der Waals surface area contributed by atoms with E-state index in [9.17, 15) is 4.79 Å². The van der Waals surface area contributed by atoms with E-state index in [1.165, 1.54) is 5.56 Å². The minimum absolute atomic E-state index is 0.0721. The monoisotopic (exact) mass is 320 g/mol. The van der Waals surface area contributed by atoms with Crippen LogP contribution in [0.2, 0.25) is 0 Å². The van der Waals surface area contributed by atoms with Gasteiger partial charge < -0.3 is 14.2 Å². The van der Waals surface area contributed by atoms with Gasteiger partial charge in [0.1, 0.15) is 0 Å². The standard InChI is InChI=1S/C20H20N2O2/c23-20-8-9-22(15-16-4-2-1-3-5-16)19-14-17(6-7-18(19)20)21-10-12-24-13-11-21/h1-9,14H,10-13,15H2. The lowest BCUT2D eigenvalue weighted by Gasteiger charge is -2.29. The Labute approximate surface area is 140 Å². The van der Waals surface area contributed by atoms with Gasteiger partial charge in [-0.1, -0.05) is 30.3 Å². The smallest absolute Gasteiger partial charge is 0.189 e. The number of benzene rings is 2. The Morgan fingerprint density at radius 1 is 0.958 bits per heavy atom. The van der Waals surface area contributed by atoms with Crippen LogP contribution in [0, 0.1) is 0 Å². The first-order valence-electron chi connectivity index (χ1n) is 8.31. The Hall–Kier alpha value is -2.59. The van der Waals surface area contributed by atoms with Crippen molar-refractivity contribution in [3.8, 4) is 0 Å². The molecule has 3 aromatic rings. The predicted octanol–water partition coefficient (Wildman–Crippen LogP) is 2.89. The van der Waals surface area contributed by atoms with Crippen LogP contribution in [0.4, 0.5) is 5.69 Å². The van der Waals surface area contributed by atoms with E-state index in [0.29, 0.717) is 0 Å². The Balaban J connectivity index is 1.78. The Morgan fingerprint density at radius 3 is 2.54 bits per heavy atom. The van der Waals surface area contributed by atoms with Crippen molar-refractivity contribution >= 4 is 16.6 Å². The maximum absolute atomic E-state index is 12.2. The van der Waals surface area contributed by atoms with Crippen LogP contribution in [-0.4, -0.2) is 30.9 Å². The van der Waals surface area contributed by atoms with Crippen LogP contribution in [-0.2, 0) is 11.3 Å². The van der Waals surface area contributed by atoms with Gasteiger partial charge in [0, 0.05) is 43.0 Å². The molecule has 122 valence electrons. The molecule has 0 aliphatic carbocycles. The molecule has 4 nitrogen and oxygen atoms in total. The topological polar surface area (TPSA) is 34.5 Å². The Bertz CT molecular complexity index is 896. The highest BCUT2D eigenvalue weighted by atomic mass is 16.5. The highest BCUT2D eigenvalue weighted by molar-refractivity contribution is 5.83. The van der Waals surface area contributed by atoms with Crippen LogP contribution in [0.15, 0.2) is 65.6 Å². The van der Waals surface area contributed by atoms with Crippen molar-refractivity contribution in [1.82, 2.24) is 4.57 Å². The molecule has 0 N–H and O–H groups in total. The molecule has 0 amide bonds. The summed E-state index contributed by atoms with van der Waals surface area (Å²) in [5.74, 6) is 0. The van der Waals surface area contributed by atoms with Crippen LogP contribution < -0.4 is 10.3 Å². The summed E-state index contributed by atoms with van der Waals surface area (Å²) in [7, 11) is 0. The quantitative estimate of drug-likeness (QED) is 0.744. The molecular weight excluding hydrogens is 300 g/mol. The summed E-state index contributed by atoms with van der Waals surface area (Å²) < 4.78 is 7.58. The fraction of sp³-hybridized carbons (Fsp3) is 0.250. The van der Waals surface area contributed by atoms with Gasteiger partial charge in [0.25, 0.3) is 0 Å². The fourth-order valence-electron chi connectivity index (χ4n) is 3.23. The van der Waals surface area contributed by atoms with Gasteiger partial charge in [-0.2, -0.15) is 0 Å². The number of hydrogen-bond donors (Lipinski definition) is 0. The second-order valence-electron chi connectivity index (χ2n) is 6.09. The minimum Gasteiger partial charge on any atom is -0.378 e. The SMILES string of the molecule is O=c1ccn(Cc2ccccc2)c2cc(N3CCOCC3)ccc12. The molecule has 1 fully saturated rings. The van der Waals surface area contributed by atoms with Crippen molar-refractivity contribution in [2.75, 3.05) is 31.2 Å². The van der Waals surface area contributed by atoms with E-state index >= 15 is 0 Å². The molecule has 1 aliphatic heterocycles. The lowest BCUT2D eigenvalue weighted by molar-refractivity contribution is 0.122. The van der Waals surface area contributed by atoms with E-state index < -0.39 is 0 Å². The first kappa shape index (κ1) is 15.0. The van der Waals surface area contributed by atoms with E-state index in [1.807, 2.05) is 36.5 Å². The lowest BCUT2D eigenvalue weighted by Crippen LogP contribution is -2.36. The molecule has 0 saturated carbocycles.